The van der Waals surface area contributed by atoms with Crippen LogP contribution in [0.3, 0.4) is 0 Å². The maximum Gasteiger partial charge on any atom is 0.416 e. The highest BCUT2D eigenvalue weighted by Crippen LogP contribution is 2.40. The monoisotopic (exact) mass is 794 g/mol. The van der Waals surface area contributed by atoms with E-state index in [0.29, 0.717) is 50.5 Å². The third-order valence-electron chi connectivity index (χ3n) is 8.55. The molecule has 0 unspecified atom stereocenters. The van der Waals surface area contributed by atoms with Gasteiger partial charge in [0, 0.05) is 63.9 Å². The van der Waals surface area contributed by atoms with Crippen molar-refractivity contribution in [2.24, 2.45) is 0 Å². The molecule has 3 aromatic rings. The Kier molecular flexibility index (Phi) is 12.4. The van der Waals surface area contributed by atoms with Crippen LogP contribution in [-0.2, 0) is 26.7 Å². The number of carboxylic acids is 1. The Bertz CT molecular complexity index is 1950. The number of carbonyl (C=O) groups is 4. The molecule has 54 heavy (non-hydrogen) atoms. The number of carbonyl (C=O) groups excluding carboxylic acids is 3. The second-order valence-electron chi connectivity index (χ2n) is 12.3. The molecule has 18 heteroatoms. The maximum atomic E-state index is 13.7. The summed E-state index contributed by atoms with van der Waals surface area (Å²) in [5.74, 6) is -2.03. The Labute approximate surface area is 314 Å². The molecular formula is C36H32F6N4O6S2. The Morgan fingerprint density at radius 1 is 0.889 bits per heavy atom. The summed E-state index contributed by atoms with van der Waals surface area (Å²) in [5, 5.41) is 11.7. The van der Waals surface area contributed by atoms with E-state index in [0.717, 1.165) is 11.8 Å². The van der Waals surface area contributed by atoms with E-state index >= 15 is 0 Å². The molecule has 2 saturated heterocycles. The SMILES string of the molecule is CC(=O)N1CCN(CCOc2ccc(-c3cc(C(F)(F)F)cc(C(F)(F)F)c3)cc2/C=C2\SC(=S)N(CCC(=O)Nc3ccc(C(=O)O)cc3)C2=O)CC1. The second-order valence-corrected chi connectivity index (χ2v) is 13.9. The summed E-state index contributed by atoms with van der Waals surface area (Å²) in [6.07, 6.45) is -8.92. The van der Waals surface area contributed by atoms with Gasteiger partial charge in [0.2, 0.25) is 11.8 Å². The summed E-state index contributed by atoms with van der Waals surface area (Å²) >= 11 is 6.29. The number of aromatic carboxylic acids is 1. The van der Waals surface area contributed by atoms with Crippen molar-refractivity contribution in [3.05, 3.63) is 87.8 Å². The van der Waals surface area contributed by atoms with E-state index in [4.69, 9.17) is 22.1 Å². The van der Waals surface area contributed by atoms with Crippen LogP contribution < -0.4 is 10.1 Å². The molecule has 5 rings (SSSR count). The molecule has 2 heterocycles. The van der Waals surface area contributed by atoms with Gasteiger partial charge in [0.15, 0.2) is 0 Å². The van der Waals surface area contributed by atoms with E-state index in [-0.39, 0.29) is 68.8 Å². The topological polar surface area (TPSA) is 119 Å². The fraction of sp³-hybridized carbons (Fsp3) is 0.306. The molecule has 2 aliphatic heterocycles. The van der Waals surface area contributed by atoms with Crippen molar-refractivity contribution in [2.75, 3.05) is 51.2 Å². The predicted molar refractivity (Wildman–Crippen MR) is 193 cm³/mol. The van der Waals surface area contributed by atoms with Gasteiger partial charge in [-0.3, -0.25) is 24.2 Å². The average Bonchev–Trinajstić information content (AvgIpc) is 3.38. The van der Waals surface area contributed by atoms with Crippen LogP contribution in [-0.4, -0.2) is 93.7 Å². The Morgan fingerprint density at radius 2 is 1.52 bits per heavy atom. The largest absolute Gasteiger partial charge is 0.492 e. The molecule has 3 amide bonds. The number of hydrogen-bond donors (Lipinski definition) is 2. The number of nitrogens with zero attached hydrogens (tertiary/aromatic N) is 3. The summed E-state index contributed by atoms with van der Waals surface area (Å²) in [4.78, 5) is 53.9. The van der Waals surface area contributed by atoms with Gasteiger partial charge < -0.3 is 20.1 Å². The van der Waals surface area contributed by atoms with Crippen molar-refractivity contribution in [3.8, 4) is 16.9 Å². The number of thioether (sulfide) groups is 1. The van der Waals surface area contributed by atoms with Gasteiger partial charge in [-0.1, -0.05) is 30.0 Å². The van der Waals surface area contributed by atoms with Crippen LogP contribution in [0.5, 0.6) is 5.75 Å². The number of alkyl halides is 6. The van der Waals surface area contributed by atoms with Crippen molar-refractivity contribution in [2.45, 2.75) is 25.7 Å². The number of anilines is 1. The second kappa shape index (κ2) is 16.6. The van der Waals surface area contributed by atoms with E-state index in [1.165, 1.54) is 60.4 Å². The van der Waals surface area contributed by atoms with Gasteiger partial charge in [-0.15, -0.1) is 0 Å². The van der Waals surface area contributed by atoms with Crippen LogP contribution in [0, 0.1) is 0 Å². The molecule has 0 atom stereocenters. The number of halogens is 6. The minimum atomic E-state index is -5.06. The van der Waals surface area contributed by atoms with Gasteiger partial charge in [-0.05, 0) is 71.8 Å². The summed E-state index contributed by atoms with van der Waals surface area (Å²) in [6, 6.07) is 10.8. The first-order chi connectivity index (χ1) is 25.4. The predicted octanol–water partition coefficient (Wildman–Crippen LogP) is 6.86. The van der Waals surface area contributed by atoms with Gasteiger partial charge in [-0.25, -0.2) is 4.79 Å². The molecule has 0 radical (unpaired) electrons. The molecule has 0 aromatic heterocycles. The highest BCUT2D eigenvalue weighted by Gasteiger charge is 2.37. The lowest BCUT2D eigenvalue weighted by atomic mass is 9.97. The first kappa shape index (κ1) is 40.2. The maximum absolute atomic E-state index is 13.7. The fourth-order valence-corrected chi connectivity index (χ4v) is 6.93. The van der Waals surface area contributed by atoms with Crippen LogP contribution >= 0.6 is 24.0 Å². The molecule has 3 aromatic carbocycles. The molecule has 0 saturated carbocycles. The standard InChI is InChI=1S/C36H32F6N4O6S2/c1-21(47)45-12-10-44(11-13-45)14-15-52-29-7-4-23(24-17-26(35(37,38)39)20-27(18-24)36(40,41)42)16-25(29)19-30-32(49)46(34(53)54-30)9-8-31(48)43-28-5-2-22(3-6-28)33(50)51/h2-7,16-20H,8-15H2,1H3,(H,43,48)(H,50,51)/b30-19-. The van der Waals surface area contributed by atoms with Crippen LogP contribution in [0.25, 0.3) is 17.2 Å². The van der Waals surface area contributed by atoms with E-state index < -0.39 is 41.3 Å². The number of piperazine rings is 1. The molecule has 0 spiro atoms. The van der Waals surface area contributed by atoms with Crippen molar-refractivity contribution in [1.82, 2.24) is 14.7 Å². The Balaban J connectivity index is 1.38. The molecule has 0 bridgehead atoms. The molecule has 10 nitrogen and oxygen atoms in total. The van der Waals surface area contributed by atoms with E-state index in [1.54, 1.807) is 4.90 Å². The average molecular weight is 795 g/mol. The van der Waals surface area contributed by atoms with Gasteiger partial charge >= 0.3 is 18.3 Å². The zero-order chi connectivity index (χ0) is 39.4. The lowest BCUT2D eigenvalue weighted by Gasteiger charge is -2.34. The van der Waals surface area contributed by atoms with Crippen molar-refractivity contribution >= 4 is 63.8 Å². The number of thiocarbonyl (C=S) groups is 1. The van der Waals surface area contributed by atoms with Gasteiger partial charge in [-0.2, -0.15) is 26.3 Å². The highest BCUT2D eigenvalue weighted by atomic mass is 32.2. The number of amides is 3. The van der Waals surface area contributed by atoms with Crippen molar-refractivity contribution in [1.29, 1.82) is 0 Å². The van der Waals surface area contributed by atoms with E-state index in [1.807, 2.05) is 0 Å². The zero-order valence-corrected chi connectivity index (χ0v) is 30.1. The first-order valence-corrected chi connectivity index (χ1v) is 17.5. The minimum absolute atomic E-state index is 0.00547. The quantitative estimate of drug-likeness (QED) is 0.122. The zero-order valence-electron chi connectivity index (χ0n) is 28.4. The number of benzene rings is 3. The van der Waals surface area contributed by atoms with Crippen LogP contribution in [0.15, 0.2) is 65.6 Å². The summed E-state index contributed by atoms with van der Waals surface area (Å²) < 4.78 is 88.2. The smallest absolute Gasteiger partial charge is 0.416 e. The van der Waals surface area contributed by atoms with Crippen LogP contribution in [0.1, 0.15) is 40.4 Å². The van der Waals surface area contributed by atoms with Crippen molar-refractivity contribution < 1.29 is 55.4 Å². The normalized spacial score (nSPS) is 16.2. The molecule has 286 valence electrons. The number of ether oxygens (including phenoxy) is 1. The number of hydrogen-bond acceptors (Lipinski definition) is 8. The van der Waals surface area contributed by atoms with Gasteiger partial charge in [0.05, 0.1) is 21.6 Å². The fourth-order valence-electron chi connectivity index (χ4n) is 5.63. The van der Waals surface area contributed by atoms with Crippen LogP contribution in [0.2, 0.25) is 0 Å². The van der Waals surface area contributed by atoms with Crippen LogP contribution in [0.4, 0.5) is 32.0 Å². The van der Waals surface area contributed by atoms with E-state index in [9.17, 15) is 45.5 Å². The third-order valence-corrected chi connectivity index (χ3v) is 9.93. The molecule has 2 fully saturated rings. The summed E-state index contributed by atoms with van der Waals surface area (Å²) in [6.45, 7) is 4.23. The Morgan fingerprint density at radius 3 is 2.09 bits per heavy atom. The first-order valence-electron chi connectivity index (χ1n) is 16.3. The molecule has 2 aliphatic rings. The third kappa shape index (κ3) is 10.2. The van der Waals surface area contributed by atoms with E-state index in [2.05, 4.69) is 10.2 Å². The minimum Gasteiger partial charge on any atom is -0.492 e. The lowest BCUT2D eigenvalue weighted by Crippen LogP contribution is -2.48. The number of nitrogens with one attached hydrogen (secondary N) is 1. The van der Waals surface area contributed by atoms with Gasteiger partial charge in [0.25, 0.3) is 5.91 Å². The highest BCUT2D eigenvalue weighted by molar-refractivity contribution is 8.26. The summed E-state index contributed by atoms with van der Waals surface area (Å²) in [7, 11) is 0. The molecule has 0 aliphatic carbocycles. The lowest BCUT2D eigenvalue weighted by molar-refractivity contribution is -0.143. The van der Waals surface area contributed by atoms with Gasteiger partial charge in [0.1, 0.15) is 16.7 Å². The molecule has 2 N–H and O–H groups in total. The molecular weight excluding hydrogens is 763 g/mol. The van der Waals surface area contributed by atoms with Crippen molar-refractivity contribution in [3.63, 3.8) is 0 Å². The number of rotatable bonds is 11. The Hall–Kier alpha value is -4.94. The number of carboxylic acid groups (broad SMARTS) is 1. The summed E-state index contributed by atoms with van der Waals surface area (Å²) in [5.41, 5.74) is -2.79.